The van der Waals surface area contributed by atoms with Crippen molar-refractivity contribution in [3.63, 3.8) is 0 Å². The SMILES string of the molecule is COc1ccc(/C=C\c2cc(F)c(F)c(F)c2)cc1F. The van der Waals surface area contributed by atoms with Crippen molar-refractivity contribution in [1.82, 2.24) is 0 Å². The summed E-state index contributed by atoms with van der Waals surface area (Å²) in [5.41, 5.74) is 0.617. The molecule has 0 aliphatic carbocycles. The Bertz CT molecular complexity index is 642. The number of halogens is 4. The monoisotopic (exact) mass is 282 g/mol. The lowest BCUT2D eigenvalue weighted by atomic mass is 10.1. The van der Waals surface area contributed by atoms with Crippen LogP contribution >= 0.6 is 0 Å². The molecule has 0 N–H and O–H groups in total. The van der Waals surface area contributed by atoms with Gasteiger partial charge in [-0.2, -0.15) is 0 Å². The highest BCUT2D eigenvalue weighted by molar-refractivity contribution is 5.70. The molecule has 0 aromatic heterocycles. The van der Waals surface area contributed by atoms with Crippen molar-refractivity contribution in [2.45, 2.75) is 0 Å². The van der Waals surface area contributed by atoms with Gasteiger partial charge in [-0.1, -0.05) is 18.2 Å². The fourth-order valence-electron chi connectivity index (χ4n) is 1.65. The number of hydrogen-bond acceptors (Lipinski definition) is 1. The van der Waals surface area contributed by atoms with E-state index in [9.17, 15) is 17.6 Å². The smallest absolute Gasteiger partial charge is 0.194 e. The highest BCUT2D eigenvalue weighted by atomic mass is 19.2. The minimum absolute atomic E-state index is 0.0982. The minimum Gasteiger partial charge on any atom is -0.494 e. The number of methoxy groups -OCH3 is 1. The summed E-state index contributed by atoms with van der Waals surface area (Å²) in [7, 11) is 1.35. The van der Waals surface area contributed by atoms with E-state index in [2.05, 4.69) is 0 Å². The van der Waals surface area contributed by atoms with Crippen LogP contribution in [0.15, 0.2) is 30.3 Å². The Labute approximate surface area is 113 Å². The Kier molecular flexibility index (Phi) is 4.08. The summed E-state index contributed by atoms with van der Waals surface area (Å²) < 4.78 is 57.0. The van der Waals surface area contributed by atoms with Crippen LogP contribution in [0.1, 0.15) is 11.1 Å². The van der Waals surface area contributed by atoms with Gasteiger partial charge in [-0.25, -0.2) is 17.6 Å². The fourth-order valence-corrected chi connectivity index (χ4v) is 1.65. The zero-order valence-corrected chi connectivity index (χ0v) is 10.5. The van der Waals surface area contributed by atoms with Gasteiger partial charge in [0.2, 0.25) is 0 Å². The van der Waals surface area contributed by atoms with E-state index in [1.54, 1.807) is 6.07 Å². The molecule has 5 heteroatoms. The molecular formula is C15H10F4O. The molecule has 20 heavy (non-hydrogen) atoms. The zero-order valence-electron chi connectivity index (χ0n) is 10.5. The molecule has 0 aliphatic rings. The van der Waals surface area contributed by atoms with Gasteiger partial charge in [0.25, 0.3) is 0 Å². The molecule has 2 rings (SSSR count). The quantitative estimate of drug-likeness (QED) is 0.460. The van der Waals surface area contributed by atoms with Crippen molar-refractivity contribution in [2.24, 2.45) is 0 Å². The van der Waals surface area contributed by atoms with E-state index < -0.39 is 23.3 Å². The first-order valence-corrected chi connectivity index (χ1v) is 5.67. The molecule has 0 amide bonds. The van der Waals surface area contributed by atoms with Gasteiger partial charge in [-0.05, 0) is 35.4 Å². The lowest BCUT2D eigenvalue weighted by molar-refractivity contribution is 0.386. The van der Waals surface area contributed by atoms with Crippen LogP contribution in [-0.2, 0) is 0 Å². The van der Waals surface area contributed by atoms with Gasteiger partial charge in [-0.3, -0.25) is 0 Å². The van der Waals surface area contributed by atoms with Gasteiger partial charge >= 0.3 is 0 Å². The van der Waals surface area contributed by atoms with Crippen LogP contribution in [-0.4, -0.2) is 7.11 Å². The van der Waals surface area contributed by atoms with Gasteiger partial charge in [0.05, 0.1) is 7.11 Å². The largest absolute Gasteiger partial charge is 0.494 e. The van der Waals surface area contributed by atoms with Crippen molar-refractivity contribution in [2.75, 3.05) is 7.11 Å². The average molecular weight is 282 g/mol. The number of hydrogen-bond donors (Lipinski definition) is 0. The number of benzene rings is 2. The first kappa shape index (κ1) is 14.1. The molecule has 2 aromatic carbocycles. The van der Waals surface area contributed by atoms with E-state index in [0.717, 1.165) is 12.1 Å². The van der Waals surface area contributed by atoms with Crippen LogP contribution in [0.2, 0.25) is 0 Å². The molecule has 2 aromatic rings. The summed E-state index contributed by atoms with van der Waals surface area (Å²) in [5.74, 6) is -4.51. The van der Waals surface area contributed by atoms with Crippen LogP contribution in [0.3, 0.4) is 0 Å². The van der Waals surface area contributed by atoms with E-state index in [4.69, 9.17) is 4.74 Å². The van der Waals surface area contributed by atoms with Crippen molar-refractivity contribution in [3.8, 4) is 5.75 Å². The molecule has 0 radical (unpaired) electrons. The molecule has 0 saturated carbocycles. The first-order chi connectivity index (χ1) is 9.51. The summed E-state index contributed by atoms with van der Waals surface area (Å²) in [5, 5.41) is 0. The van der Waals surface area contributed by atoms with E-state index in [1.165, 1.54) is 31.4 Å². The molecule has 0 aliphatic heterocycles. The molecule has 1 nitrogen and oxygen atoms in total. The third kappa shape index (κ3) is 2.99. The summed E-state index contributed by atoms with van der Waals surface area (Å²) in [4.78, 5) is 0. The Balaban J connectivity index is 2.27. The summed E-state index contributed by atoms with van der Waals surface area (Å²) >= 11 is 0. The second-order valence-corrected chi connectivity index (χ2v) is 4.03. The average Bonchev–Trinajstić information content (AvgIpc) is 2.42. The number of ether oxygens (including phenoxy) is 1. The molecule has 104 valence electrons. The molecular weight excluding hydrogens is 272 g/mol. The van der Waals surface area contributed by atoms with Crippen LogP contribution in [0.25, 0.3) is 12.2 Å². The molecule has 0 saturated heterocycles. The van der Waals surface area contributed by atoms with Crippen LogP contribution in [0, 0.1) is 23.3 Å². The van der Waals surface area contributed by atoms with Crippen molar-refractivity contribution in [1.29, 1.82) is 0 Å². The third-order valence-electron chi connectivity index (χ3n) is 2.65. The van der Waals surface area contributed by atoms with Crippen molar-refractivity contribution in [3.05, 3.63) is 64.7 Å². The normalized spacial score (nSPS) is 11.1. The number of rotatable bonds is 3. The molecule has 0 heterocycles. The maximum Gasteiger partial charge on any atom is 0.194 e. The lowest BCUT2D eigenvalue weighted by Crippen LogP contribution is -1.91. The van der Waals surface area contributed by atoms with E-state index >= 15 is 0 Å². The second kappa shape index (κ2) is 5.77. The fraction of sp³-hybridized carbons (Fsp3) is 0.0667. The van der Waals surface area contributed by atoms with Gasteiger partial charge in [-0.15, -0.1) is 0 Å². The zero-order chi connectivity index (χ0) is 14.7. The minimum atomic E-state index is -1.52. The second-order valence-electron chi connectivity index (χ2n) is 4.03. The predicted molar refractivity (Wildman–Crippen MR) is 68.2 cm³/mol. The van der Waals surface area contributed by atoms with Gasteiger partial charge < -0.3 is 4.74 Å². The van der Waals surface area contributed by atoms with Crippen LogP contribution < -0.4 is 4.74 Å². The molecule has 0 unspecified atom stereocenters. The highest BCUT2D eigenvalue weighted by Gasteiger charge is 2.09. The maximum atomic E-state index is 13.4. The third-order valence-corrected chi connectivity index (χ3v) is 2.65. The van der Waals surface area contributed by atoms with Crippen LogP contribution in [0.5, 0.6) is 5.75 Å². The predicted octanol–water partition coefficient (Wildman–Crippen LogP) is 4.42. The van der Waals surface area contributed by atoms with Crippen molar-refractivity contribution >= 4 is 12.2 Å². The van der Waals surface area contributed by atoms with Crippen molar-refractivity contribution < 1.29 is 22.3 Å². The van der Waals surface area contributed by atoms with Gasteiger partial charge in [0.15, 0.2) is 29.0 Å². The Morgan fingerprint density at radius 2 is 1.35 bits per heavy atom. The lowest BCUT2D eigenvalue weighted by Gasteiger charge is -2.02. The standard InChI is InChI=1S/C15H10F4O/c1-20-14-5-4-9(6-11(14)16)2-3-10-7-12(17)15(19)13(18)8-10/h2-8H,1H3/b3-2-. The van der Waals surface area contributed by atoms with Gasteiger partial charge in [0.1, 0.15) is 0 Å². The maximum absolute atomic E-state index is 13.4. The first-order valence-electron chi connectivity index (χ1n) is 5.67. The molecule has 0 fully saturated rings. The topological polar surface area (TPSA) is 9.23 Å². The van der Waals surface area contributed by atoms with E-state index in [1.807, 2.05) is 0 Å². The Morgan fingerprint density at radius 3 is 1.90 bits per heavy atom. The van der Waals surface area contributed by atoms with Crippen LogP contribution in [0.4, 0.5) is 17.6 Å². The Hall–Kier alpha value is -2.30. The molecule has 0 atom stereocenters. The summed E-state index contributed by atoms with van der Waals surface area (Å²) in [6, 6.07) is 5.94. The highest BCUT2D eigenvalue weighted by Crippen LogP contribution is 2.20. The van der Waals surface area contributed by atoms with Gasteiger partial charge in [0, 0.05) is 0 Å². The summed E-state index contributed by atoms with van der Waals surface area (Å²) in [6.45, 7) is 0. The van der Waals surface area contributed by atoms with E-state index in [-0.39, 0.29) is 11.3 Å². The molecule has 0 spiro atoms. The summed E-state index contributed by atoms with van der Waals surface area (Å²) in [6.07, 6.45) is 2.81. The van der Waals surface area contributed by atoms with E-state index in [0.29, 0.717) is 5.56 Å². The Morgan fingerprint density at radius 1 is 0.800 bits per heavy atom. The molecule has 0 bridgehead atoms.